The van der Waals surface area contributed by atoms with Crippen molar-refractivity contribution in [3.63, 3.8) is 0 Å². The van der Waals surface area contributed by atoms with Gasteiger partial charge in [-0.15, -0.1) is 0 Å². The van der Waals surface area contributed by atoms with Crippen LogP contribution in [0.2, 0.25) is 0 Å². The maximum Gasteiger partial charge on any atom is 0.416 e. The Morgan fingerprint density at radius 1 is 1.42 bits per heavy atom. The molecule has 1 aromatic heterocycles. The van der Waals surface area contributed by atoms with E-state index in [-0.39, 0.29) is 17.7 Å². The van der Waals surface area contributed by atoms with Crippen LogP contribution in [-0.2, 0) is 17.5 Å². The third-order valence-electron chi connectivity index (χ3n) is 4.59. The van der Waals surface area contributed by atoms with Gasteiger partial charge < -0.3 is 9.73 Å². The van der Waals surface area contributed by atoms with Gasteiger partial charge in [0.2, 0.25) is 11.8 Å². The first-order valence-corrected chi connectivity index (χ1v) is 8.36. The van der Waals surface area contributed by atoms with E-state index in [1.807, 2.05) is 0 Å². The van der Waals surface area contributed by atoms with Crippen molar-refractivity contribution in [1.82, 2.24) is 15.2 Å². The molecule has 1 atom stereocenters. The van der Waals surface area contributed by atoms with Crippen molar-refractivity contribution in [2.24, 2.45) is 5.92 Å². The molecule has 1 fully saturated rings. The zero-order chi connectivity index (χ0) is 18.9. The van der Waals surface area contributed by atoms with E-state index in [1.54, 1.807) is 20.0 Å². The molecule has 3 rings (SSSR count). The predicted octanol–water partition coefficient (Wildman–Crippen LogP) is 3.24. The van der Waals surface area contributed by atoms with Gasteiger partial charge in [-0.25, -0.2) is 4.98 Å². The maximum atomic E-state index is 12.9. The van der Waals surface area contributed by atoms with Gasteiger partial charge in [0.25, 0.3) is 0 Å². The van der Waals surface area contributed by atoms with Crippen molar-refractivity contribution in [3.8, 4) is 11.5 Å². The molecule has 8 heteroatoms. The van der Waals surface area contributed by atoms with Gasteiger partial charge >= 0.3 is 6.18 Å². The number of aromatic nitrogens is 1. The Morgan fingerprint density at radius 3 is 2.88 bits per heavy atom. The molecule has 0 radical (unpaired) electrons. The van der Waals surface area contributed by atoms with Gasteiger partial charge in [0.1, 0.15) is 5.76 Å². The van der Waals surface area contributed by atoms with E-state index in [1.165, 1.54) is 6.07 Å². The Labute approximate surface area is 149 Å². The summed E-state index contributed by atoms with van der Waals surface area (Å²) in [6, 6.07) is 4.93. The second-order valence-corrected chi connectivity index (χ2v) is 6.44. The molecule has 0 spiro atoms. The number of alkyl halides is 3. The molecule has 140 valence electrons. The first-order chi connectivity index (χ1) is 12.3. The number of oxazole rings is 1. The molecule has 2 aromatic rings. The smallest absolute Gasteiger partial charge is 0.416 e. The summed E-state index contributed by atoms with van der Waals surface area (Å²) in [7, 11) is 1.62. The fraction of sp³-hybridized carbons (Fsp3) is 0.444. The van der Waals surface area contributed by atoms with Crippen LogP contribution in [0.15, 0.2) is 28.7 Å². The second-order valence-electron chi connectivity index (χ2n) is 6.44. The van der Waals surface area contributed by atoms with Crippen molar-refractivity contribution in [1.29, 1.82) is 0 Å². The van der Waals surface area contributed by atoms with E-state index in [2.05, 4.69) is 15.2 Å². The van der Waals surface area contributed by atoms with Gasteiger partial charge in [0.05, 0.1) is 17.2 Å². The van der Waals surface area contributed by atoms with Crippen LogP contribution in [0.3, 0.4) is 0 Å². The van der Waals surface area contributed by atoms with Crippen molar-refractivity contribution >= 4 is 5.91 Å². The maximum absolute atomic E-state index is 12.9. The van der Waals surface area contributed by atoms with Crippen molar-refractivity contribution in [2.45, 2.75) is 26.1 Å². The standard InChI is InChI=1S/C18H20F3N3O2/c1-11-15(10-24-7-6-13(9-24)16(25)22-2)23-17(26-11)12-4-3-5-14(8-12)18(19,20)21/h3-5,8,13H,6-7,9-10H2,1-2H3,(H,22,25). The molecule has 1 unspecified atom stereocenters. The molecule has 0 aliphatic carbocycles. The first-order valence-electron chi connectivity index (χ1n) is 8.36. The van der Waals surface area contributed by atoms with E-state index < -0.39 is 11.7 Å². The topological polar surface area (TPSA) is 58.4 Å². The molecule has 1 aromatic carbocycles. The molecular formula is C18H20F3N3O2. The average molecular weight is 367 g/mol. The van der Waals surface area contributed by atoms with Crippen LogP contribution >= 0.6 is 0 Å². The number of nitrogens with zero attached hydrogens (tertiary/aromatic N) is 2. The second kappa shape index (κ2) is 7.11. The van der Waals surface area contributed by atoms with Gasteiger partial charge in [0, 0.05) is 25.7 Å². The molecule has 0 saturated carbocycles. The van der Waals surface area contributed by atoms with Crippen LogP contribution < -0.4 is 5.32 Å². The average Bonchev–Trinajstić information content (AvgIpc) is 3.21. The Kier molecular flexibility index (Phi) is 5.04. The number of hydrogen-bond acceptors (Lipinski definition) is 4. The number of amides is 1. The number of likely N-dealkylation sites (tertiary alicyclic amines) is 1. The molecule has 1 amide bonds. The van der Waals surface area contributed by atoms with Crippen molar-refractivity contribution in [2.75, 3.05) is 20.1 Å². The molecule has 26 heavy (non-hydrogen) atoms. The van der Waals surface area contributed by atoms with Crippen LogP contribution in [-0.4, -0.2) is 35.9 Å². The number of halogens is 3. The van der Waals surface area contributed by atoms with Gasteiger partial charge in [-0.1, -0.05) is 6.07 Å². The van der Waals surface area contributed by atoms with E-state index >= 15 is 0 Å². The number of carbonyl (C=O) groups is 1. The molecule has 5 nitrogen and oxygen atoms in total. The van der Waals surface area contributed by atoms with Crippen LogP contribution in [0.5, 0.6) is 0 Å². The number of hydrogen-bond donors (Lipinski definition) is 1. The fourth-order valence-corrected chi connectivity index (χ4v) is 3.13. The van der Waals surface area contributed by atoms with E-state index in [4.69, 9.17) is 4.42 Å². The van der Waals surface area contributed by atoms with Crippen molar-refractivity contribution in [3.05, 3.63) is 41.3 Å². The Balaban J connectivity index is 1.75. The highest BCUT2D eigenvalue weighted by molar-refractivity contribution is 5.78. The Hall–Kier alpha value is -2.35. The predicted molar refractivity (Wildman–Crippen MR) is 89.1 cm³/mol. The zero-order valence-corrected chi connectivity index (χ0v) is 14.6. The summed E-state index contributed by atoms with van der Waals surface area (Å²) in [6.45, 7) is 3.64. The Morgan fingerprint density at radius 2 is 2.19 bits per heavy atom. The molecule has 1 aliphatic heterocycles. The van der Waals surface area contributed by atoms with Crippen LogP contribution in [0, 0.1) is 12.8 Å². The molecular weight excluding hydrogens is 347 g/mol. The lowest BCUT2D eigenvalue weighted by atomic mass is 10.1. The SMILES string of the molecule is CNC(=O)C1CCN(Cc2nc(-c3cccc(C(F)(F)F)c3)oc2C)C1. The number of rotatable bonds is 4. The lowest BCUT2D eigenvalue weighted by Crippen LogP contribution is -2.30. The van der Waals surface area contributed by atoms with E-state index in [0.717, 1.165) is 25.1 Å². The quantitative estimate of drug-likeness (QED) is 0.901. The highest BCUT2D eigenvalue weighted by atomic mass is 19.4. The van der Waals surface area contributed by atoms with Crippen LogP contribution in [0.4, 0.5) is 13.2 Å². The minimum absolute atomic E-state index is 0.0222. The summed E-state index contributed by atoms with van der Waals surface area (Å²) in [5, 5.41) is 2.65. The molecule has 1 aliphatic rings. The zero-order valence-electron chi connectivity index (χ0n) is 14.6. The van der Waals surface area contributed by atoms with Gasteiger partial charge in [0.15, 0.2) is 0 Å². The van der Waals surface area contributed by atoms with E-state index in [0.29, 0.717) is 30.1 Å². The number of nitrogens with one attached hydrogen (secondary N) is 1. The lowest BCUT2D eigenvalue weighted by molar-refractivity contribution is -0.137. The molecule has 0 bridgehead atoms. The summed E-state index contributed by atoms with van der Waals surface area (Å²) < 4.78 is 44.2. The number of benzene rings is 1. The van der Waals surface area contributed by atoms with Crippen LogP contribution in [0.1, 0.15) is 23.4 Å². The minimum Gasteiger partial charge on any atom is -0.441 e. The summed E-state index contributed by atoms with van der Waals surface area (Å²) in [4.78, 5) is 18.2. The Bertz CT molecular complexity index is 801. The largest absolute Gasteiger partial charge is 0.441 e. The molecule has 2 heterocycles. The summed E-state index contributed by atoms with van der Waals surface area (Å²) in [5.74, 6) is 0.718. The number of aryl methyl sites for hydroxylation is 1. The summed E-state index contributed by atoms with van der Waals surface area (Å²) in [6.07, 6.45) is -3.64. The summed E-state index contributed by atoms with van der Waals surface area (Å²) in [5.41, 5.74) is 0.231. The van der Waals surface area contributed by atoms with Gasteiger partial charge in [-0.2, -0.15) is 13.2 Å². The van der Waals surface area contributed by atoms with Gasteiger partial charge in [-0.05, 0) is 38.1 Å². The normalized spacial score (nSPS) is 18.3. The third kappa shape index (κ3) is 3.90. The van der Waals surface area contributed by atoms with Crippen LogP contribution in [0.25, 0.3) is 11.5 Å². The molecule has 1 saturated heterocycles. The monoisotopic (exact) mass is 367 g/mol. The highest BCUT2D eigenvalue weighted by Crippen LogP contribution is 2.32. The summed E-state index contributed by atoms with van der Waals surface area (Å²) >= 11 is 0. The van der Waals surface area contributed by atoms with Gasteiger partial charge in [-0.3, -0.25) is 9.69 Å². The van der Waals surface area contributed by atoms with E-state index in [9.17, 15) is 18.0 Å². The fourth-order valence-electron chi connectivity index (χ4n) is 3.13. The lowest BCUT2D eigenvalue weighted by Gasteiger charge is -2.14. The minimum atomic E-state index is -4.41. The first kappa shape index (κ1) is 18.4. The third-order valence-corrected chi connectivity index (χ3v) is 4.59. The van der Waals surface area contributed by atoms with Crippen molar-refractivity contribution < 1.29 is 22.4 Å². The highest BCUT2D eigenvalue weighted by Gasteiger charge is 2.31. The molecule has 1 N–H and O–H groups in total. The number of carbonyl (C=O) groups excluding carboxylic acids is 1.